The Bertz CT molecular complexity index is 561. The average Bonchev–Trinajstić information content (AvgIpc) is 2.37. The zero-order valence-electron chi connectivity index (χ0n) is 11.2. The van der Waals surface area contributed by atoms with Crippen molar-refractivity contribution in [3.05, 3.63) is 63.1 Å². The van der Waals surface area contributed by atoms with Crippen molar-refractivity contribution in [2.45, 2.75) is 25.3 Å². The first kappa shape index (κ1) is 15.7. The number of rotatable bonds is 4. The van der Waals surface area contributed by atoms with Crippen molar-refractivity contribution in [3.8, 4) is 5.75 Å². The van der Waals surface area contributed by atoms with Gasteiger partial charge in [-0.3, -0.25) is 0 Å². The lowest BCUT2D eigenvalue weighted by atomic mass is 10.0. The molecule has 0 saturated heterocycles. The minimum absolute atomic E-state index is 0.163. The Morgan fingerprint density at radius 3 is 2.20 bits per heavy atom. The molecule has 0 aliphatic carbocycles. The highest BCUT2D eigenvalue weighted by Crippen LogP contribution is 2.33. The molecule has 1 nitrogen and oxygen atoms in total. The number of benzene rings is 2. The highest BCUT2D eigenvalue weighted by molar-refractivity contribution is 9.10. The average molecular weight is 374 g/mol. The Hall–Kier alpha value is -0.700. The van der Waals surface area contributed by atoms with Crippen LogP contribution in [-0.2, 0) is 0 Å². The van der Waals surface area contributed by atoms with Gasteiger partial charge < -0.3 is 4.74 Å². The van der Waals surface area contributed by atoms with Gasteiger partial charge in [-0.1, -0.05) is 39.7 Å². The lowest BCUT2D eigenvalue weighted by Crippen LogP contribution is -2.05. The van der Waals surface area contributed by atoms with E-state index in [9.17, 15) is 0 Å². The first-order valence-corrected chi connectivity index (χ1v) is 7.93. The molecular formula is C16H15BrCl2O. The summed E-state index contributed by atoms with van der Waals surface area (Å²) >= 11 is 16.0. The molecule has 2 rings (SSSR count). The molecule has 20 heavy (non-hydrogen) atoms. The van der Waals surface area contributed by atoms with Gasteiger partial charge in [0.25, 0.3) is 0 Å². The van der Waals surface area contributed by atoms with Crippen LogP contribution in [0.15, 0.2) is 46.9 Å². The van der Waals surface area contributed by atoms with Crippen molar-refractivity contribution in [3.63, 3.8) is 0 Å². The van der Waals surface area contributed by atoms with Crippen LogP contribution in [0.1, 0.15) is 30.4 Å². The molecule has 0 N–H and O–H groups in total. The van der Waals surface area contributed by atoms with Gasteiger partial charge in [0.2, 0.25) is 0 Å². The third-order valence-corrected chi connectivity index (χ3v) is 3.90. The normalized spacial score (nSPS) is 12.5. The van der Waals surface area contributed by atoms with Gasteiger partial charge in [0.15, 0.2) is 0 Å². The Kier molecular flexibility index (Phi) is 5.36. The Morgan fingerprint density at radius 2 is 1.65 bits per heavy atom. The molecule has 1 unspecified atom stereocenters. The molecule has 0 fully saturated rings. The first-order chi connectivity index (χ1) is 9.45. The van der Waals surface area contributed by atoms with Crippen molar-refractivity contribution in [2.75, 3.05) is 0 Å². The van der Waals surface area contributed by atoms with Crippen LogP contribution in [0.5, 0.6) is 5.75 Å². The second kappa shape index (κ2) is 6.84. The summed E-state index contributed by atoms with van der Waals surface area (Å²) in [6, 6.07) is 13.5. The summed E-state index contributed by atoms with van der Waals surface area (Å²) in [6.45, 7) is 4.00. The molecule has 0 bridgehead atoms. The second-order valence-electron chi connectivity index (χ2n) is 4.80. The van der Waals surface area contributed by atoms with Gasteiger partial charge >= 0.3 is 0 Å². The predicted octanol–water partition coefficient (Wildman–Crippen LogP) is 6.22. The van der Waals surface area contributed by atoms with E-state index in [-0.39, 0.29) is 11.5 Å². The maximum atomic E-state index is 6.51. The first-order valence-electron chi connectivity index (χ1n) is 6.32. The number of alkyl halides is 1. The van der Waals surface area contributed by atoms with Crippen LogP contribution in [0.25, 0.3) is 0 Å². The quantitative estimate of drug-likeness (QED) is 0.578. The van der Waals surface area contributed by atoms with Crippen LogP contribution in [0.2, 0.25) is 5.02 Å². The van der Waals surface area contributed by atoms with E-state index < -0.39 is 0 Å². The molecule has 1 atom stereocenters. The fourth-order valence-corrected chi connectivity index (χ4v) is 3.06. The lowest BCUT2D eigenvalue weighted by Gasteiger charge is -2.14. The molecular weight excluding hydrogens is 359 g/mol. The van der Waals surface area contributed by atoms with Crippen molar-refractivity contribution >= 4 is 39.1 Å². The Morgan fingerprint density at radius 1 is 1.00 bits per heavy atom. The van der Waals surface area contributed by atoms with Gasteiger partial charge in [0.1, 0.15) is 5.75 Å². The summed E-state index contributed by atoms with van der Waals surface area (Å²) in [6.07, 6.45) is 0.163. The number of ether oxygens (including phenoxy) is 1. The number of hydrogen-bond acceptors (Lipinski definition) is 1. The number of hydrogen-bond donors (Lipinski definition) is 0. The van der Waals surface area contributed by atoms with Crippen LogP contribution in [0.3, 0.4) is 0 Å². The maximum Gasteiger partial charge on any atom is 0.119 e. The van der Waals surface area contributed by atoms with E-state index in [0.29, 0.717) is 5.02 Å². The molecule has 106 valence electrons. The topological polar surface area (TPSA) is 9.23 Å². The van der Waals surface area contributed by atoms with Crippen molar-refractivity contribution < 1.29 is 4.74 Å². The summed E-state index contributed by atoms with van der Waals surface area (Å²) < 4.78 is 6.54. The Labute approximate surface area is 138 Å². The summed E-state index contributed by atoms with van der Waals surface area (Å²) in [5.41, 5.74) is 1.97. The van der Waals surface area contributed by atoms with Crippen LogP contribution in [-0.4, -0.2) is 6.10 Å². The smallest absolute Gasteiger partial charge is 0.119 e. The van der Waals surface area contributed by atoms with Crippen LogP contribution in [0.4, 0.5) is 0 Å². The van der Waals surface area contributed by atoms with Gasteiger partial charge in [-0.05, 0) is 55.3 Å². The second-order valence-corrected chi connectivity index (χ2v) is 6.59. The third-order valence-electron chi connectivity index (χ3n) is 2.72. The van der Waals surface area contributed by atoms with Gasteiger partial charge in [-0.2, -0.15) is 0 Å². The van der Waals surface area contributed by atoms with E-state index in [4.69, 9.17) is 27.9 Å². The third kappa shape index (κ3) is 4.15. The monoisotopic (exact) mass is 372 g/mol. The van der Waals surface area contributed by atoms with Crippen molar-refractivity contribution in [1.82, 2.24) is 0 Å². The van der Waals surface area contributed by atoms with E-state index in [1.165, 1.54) is 0 Å². The zero-order valence-corrected chi connectivity index (χ0v) is 14.3. The van der Waals surface area contributed by atoms with E-state index in [0.717, 1.165) is 21.3 Å². The fraction of sp³-hybridized carbons (Fsp3) is 0.250. The van der Waals surface area contributed by atoms with Crippen molar-refractivity contribution in [1.29, 1.82) is 0 Å². The summed E-state index contributed by atoms with van der Waals surface area (Å²) in [4.78, 5) is 0. The predicted molar refractivity (Wildman–Crippen MR) is 89.1 cm³/mol. The zero-order chi connectivity index (χ0) is 14.7. The van der Waals surface area contributed by atoms with Crippen LogP contribution < -0.4 is 4.74 Å². The molecule has 0 heterocycles. The van der Waals surface area contributed by atoms with Gasteiger partial charge in [0, 0.05) is 9.50 Å². The van der Waals surface area contributed by atoms with E-state index >= 15 is 0 Å². The molecule has 0 spiro atoms. The van der Waals surface area contributed by atoms with E-state index in [2.05, 4.69) is 15.9 Å². The van der Waals surface area contributed by atoms with Crippen molar-refractivity contribution in [2.24, 2.45) is 0 Å². The summed E-state index contributed by atoms with van der Waals surface area (Å²) in [5.74, 6) is 0.847. The lowest BCUT2D eigenvalue weighted by molar-refractivity contribution is 0.242. The molecule has 0 amide bonds. The van der Waals surface area contributed by atoms with Gasteiger partial charge in [-0.25, -0.2) is 0 Å². The maximum absolute atomic E-state index is 6.51. The highest BCUT2D eigenvalue weighted by Gasteiger charge is 2.12. The highest BCUT2D eigenvalue weighted by atomic mass is 79.9. The number of halogens is 3. The van der Waals surface area contributed by atoms with Gasteiger partial charge in [-0.15, -0.1) is 11.6 Å². The molecule has 0 aliphatic rings. The SMILES string of the molecule is CC(C)Oc1ccc(C(Cl)c2cc(Cl)cc(Br)c2)cc1. The van der Waals surface area contributed by atoms with Crippen LogP contribution in [0, 0.1) is 0 Å². The molecule has 0 aliphatic heterocycles. The largest absolute Gasteiger partial charge is 0.491 e. The van der Waals surface area contributed by atoms with Crippen LogP contribution >= 0.6 is 39.1 Å². The molecule has 2 aromatic carbocycles. The standard InChI is InChI=1S/C16H15BrCl2O/c1-10(2)20-15-5-3-11(4-6-15)16(19)12-7-13(17)9-14(18)8-12/h3-10,16H,1-2H3. The molecule has 4 heteroatoms. The minimum atomic E-state index is -0.238. The minimum Gasteiger partial charge on any atom is -0.491 e. The van der Waals surface area contributed by atoms with Gasteiger partial charge in [0.05, 0.1) is 11.5 Å². The summed E-state index contributed by atoms with van der Waals surface area (Å²) in [7, 11) is 0. The molecule has 0 saturated carbocycles. The van der Waals surface area contributed by atoms with E-state index in [1.807, 2.05) is 56.3 Å². The summed E-state index contributed by atoms with van der Waals surface area (Å²) in [5, 5.41) is 0.429. The molecule has 2 aromatic rings. The van der Waals surface area contributed by atoms with E-state index in [1.54, 1.807) is 0 Å². The fourth-order valence-electron chi connectivity index (χ4n) is 1.90. The molecule has 0 radical (unpaired) electrons. The molecule has 0 aromatic heterocycles. The Balaban J connectivity index is 2.22.